The van der Waals surface area contributed by atoms with E-state index in [1.165, 1.54) is 18.4 Å². The molecule has 22 heavy (non-hydrogen) atoms. The summed E-state index contributed by atoms with van der Waals surface area (Å²) in [5, 5.41) is 15.8. The van der Waals surface area contributed by atoms with Gasteiger partial charge >= 0.3 is 0 Å². The van der Waals surface area contributed by atoms with E-state index in [0.717, 1.165) is 26.2 Å². The zero-order chi connectivity index (χ0) is 15.4. The van der Waals surface area contributed by atoms with Gasteiger partial charge in [0.25, 0.3) is 5.91 Å². The van der Waals surface area contributed by atoms with Crippen LogP contribution in [0, 0.1) is 5.92 Å². The Hall–Kier alpha value is -1.43. The molecule has 0 spiro atoms. The highest BCUT2D eigenvalue weighted by atomic mass is 16.3. The Morgan fingerprint density at radius 3 is 2.86 bits per heavy atom. The third-order valence-corrected chi connectivity index (χ3v) is 4.62. The molecule has 2 saturated heterocycles. The fourth-order valence-electron chi connectivity index (χ4n) is 3.26. The lowest BCUT2D eigenvalue weighted by Gasteiger charge is -2.16. The molecule has 3 N–H and O–H groups in total. The number of likely N-dealkylation sites (tertiary alicyclic amines) is 1. The van der Waals surface area contributed by atoms with E-state index in [-0.39, 0.29) is 17.9 Å². The summed E-state index contributed by atoms with van der Waals surface area (Å²) < 4.78 is 0. The van der Waals surface area contributed by atoms with E-state index in [9.17, 15) is 9.90 Å². The van der Waals surface area contributed by atoms with Crippen molar-refractivity contribution in [1.82, 2.24) is 15.5 Å². The largest absolute Gasteiger partial charge is 0.391 e. The van der Waals surface area contributed by atoms with Crippen LogP contribution >= 0.6 is 0 Å². The molecule has 0 bridgehead atoms. The maximum Gasteiger partial charge on any atom is 0.251 e. The van der Waals surface area contributed by atoms with Crippen LogP contribution in [0.15, 0.2) is 24.3 Å². The highest BCUT2D eigenvalue weighted by molar-refractivity contribution is 5.94. The number of β-amino-alcohol motifs (C(OH)–C–C–N with tert-alkyl or cyclic N) is 1. The topological polar surface area (TPSA) is 64.6 Å². The standard InChI is InChI=1S/C17H25N3O2/c21-16-11-18-9-15(16)10-19-17(22)14-5-3-4-13(8-14)12-20-6-1-2-7-20/h3-5,8,15-16,18,21H,1-2,6-7,9-12H2,(H,19,22). The number of hydrogen-bond acceptors (Lipinski definition) is 4. The lowest BCUT2D eigenvalue weighted by molar-refractivity contribution is 0.0927. The van der Waals surface area contributed by atoms with E-state index in [1.54, 1.807) is 0 Å². The fraction of sp³-hybridized carbons (Fsp3) is 0.588. The number of nitrogens with zero attached hydrogens (tertiary/aromatic N) is 1. The van der Waals surface area contributed by atoms with Crippen LogP contribution in [0.3, 0.4) is 0 Å². The van der Waals surface area contributed by atoms with Gasteiger partial charge in [-0.25, -0.2) is 0 Å². The summed E-state index contributed by atoms with van der Waals surface area (Å²) in [4.78, 5) is 14.7. The number of aliphatic hydroxyl groups is 1. The number of hydrogen-bond donors (Lipinski definition) is 3. The van der Waals surface area contributed by atoms with Crippen LogP contribution in [-0.2, 0) is 6.54 Å². The minimum atomic E-state index is -0.359. The predicted octanol–water partition coefficient (Wildman–Crippen LogP) is 0.593. The Bertz CT molecular complexity index is 514. The SMILES string of the molecule is O=C(NCC1CNCC1O)c1cccc(CN2CCCC2)c1. The molecule has 120 valence electrons. The molecule has 5 nitrogen and oxygen atoms in total. The molecule has 0 radical (unpaired) electrons. The van der Waals surface area contributed by atoms with Gasteiger partial charge in [0.1, 0.15) is 0 Å². The Morgan fingerprint density at radius 2 is 2.14 bits per heavy atom. The number of nitrogens with one attached hydrogen (secondary N) is 2. The Labute approximate surface area is 131 Å². The van der Waals surface area contributed by atoms with E-state index < -0.39 is 0 Å². The monoisotopic (exact) mass is 303 g/mol. The number of rotatable bonds is 5. The van der Waals surface area contributed by atoms with E-state index >= 15 is 0 Å². The van der Waals surface area contributed by atoms with Gasteiger partial charge in [0.15, 0.2) is 0 Å². The van der Waals surface area contributed by atoms with Crippen LogP contribution in [0.4, 0.5) is 0 Å². The van der Waals surface area contributed by atoms with Crippen molar-refractivity contribution in [2.45, 2.75) is 25.5 Å². The highest BCUT2D eigenvalue weighted by Crippen LogP contribution is 2.14. The van der Waals surface area contributed by atoms with Crippen molar-refractivity contribution in [3.63, 3.8) is 0 Å². The summed E-state index contributed by atoms with van der Waals surface area (Å²) in [6, 6.07) is 7.87. The summed E-state index contributed by atoms with van der Waals surface area (Å²) in [7, 11) is 0. The van der Waals surface area contributed by atoms with E-state index in [1.807, 2.05) is 18.2 Å². The van der Waals surface area contributed by atoms with Crippen molar-refractivity contribution in [2.75, 3.05) is 32.7 Å². The van der Waals surface area contributed by atoms with Gasteiger partial charge in [-0.05, 0) is 43.6 Å². The van der Waals surface area contributed by atoms with Crippen molar-refractivity contribution in [1.29, 1.82) is 0 Å². The summed E-state index contributed by atoms with van der Waals surface area (Å²) in [6.45, 7) is 5.13. The lowest BCUT2D eigenvalue weighted by atomic mass is 10.1. The Kier molecular flexibility index (Phi) is 5.08. The molecule has 2 heterocycles. The van der Waals surface area contributed by atoms with E-state index in [4.69, 9.17) is 0 Å². The number of aliphatic hydroxyl groups excluding tert-OH is 1. The number of carbonyl (C=O) groups excluding carboxylic acids is 1. The van der Waals surface area contributed by atoms with Gasteiger partial charge in [-0.15, -0.1) is 0 Å². The van der Waals surface area contributed by atoms with Crippen LogP contribution in [0.1, 0.15) is 28.8 Å². The molecule has 1 aromatic rings. The lowest BCUT2D eigenvalue weighted by Crippen LogP contribution is -2.34. The summed E-state index contributed by atoms with van der Waals surface area (Å²) >= 11 is 0. The third kappa shape index (κ3) is 3.85. The van der Waals surface area contributed by atoms with Gasteiger partial charge in [0.2, 0.25) is 0 Å². The number of benzene rings is 1. The van der Waals surface area contributed by atoms with Crippen LogP contribution < -0.4 is 10.6 Å². The molecule has 2 aliphatic heterocycles. The third-order valence-electron chi connectivity index (χ3n) is 4.62. The second-order valence-corrected chi connectivity index (χ2v) is 6.38. The molecule has 2 unspecified atom stereocenters. The molecule has 2 fully saturated rings. The second kappa shape index (κ2) is 7.22. The van der Waals surface area contributed by atoms with Crippen molar-refractivity contribution < 1.29 is 9.90 Å². The van der Waals surface area contributed by atoms with Crippen LogP contribution in [0.25, 0.3) is 0 Å². The molecule has 5 heteroatoms. The average molecular weight is 303 g/mol. The molecule has 0 aromatic heterocycles. The van der Waals surface area contributed by atoms with Crippen LogP contribution in [0.2, 0.25) is 0 Å². The molecule has 2 aliphatic rings. The number of carbonyl (C=O) groups is 1. The van der Waals surface area contributed by atoms with Gasteiger partial charge in [-0.3, -0.25) is 9.69 Å². The average Bonchev–Trinajstić information content (AvgIpc) is 3.17. The Balaban J connectivity index is 1.55. The first kappa shape index (κ1) is 15.5. The van der Waals surface area contributed by atoms with Crippen molar-refractivity contribution in [2.24, 2.45) is 5.92 Å². The fourth-order valence-corrected chi connectivity index (χ4v) is 3.26. The van der Waals surface area contributed by atoms with Crippen LogP contribution in [-0.4, -0.2) is 54.7 Å². The maximum atomic E-state index is 12.3. The van der Waals surface area contributed by atoms with Gasteiger partial charge in [-0.1, -0.05) is 12.1 Å². The predicted molar refractivity (Wildman–Crippen MR) is 85.7 cm³/mol. The quantitative estimate of drug-likeness (QED) is 0.745. The molecule has 0 saturated carbocycles. The molecular weight excluding hydrogens is 278 g/mol. The summed E-state index contributed by atoms with van der Waals surface area (Å²) in [6.07, 6.45) is 2.19. The van der Waals surface area contributed by atoms with E-state index in [0.29, 0.717) is 18.7 Å². The molecule has 0 aliphatic carbocycles. The van der Waals surface area contributed by atoms with Gasteiger partial charge < -0.3 is 15.7 Å². The molecule has 3 rings (SSSR count). The molecule has 1 amide bonds. The first-order valence-corrected chi connectivity index (χ1v) is 8.20. The zero-order valence-electron chi connectivity index (χ0n) is 12.9. The van der Waals surface area contributed by atoms with Gasteiger partial charge in [0, 0.05) is 37.7 Å². The van der Waals surface area contributed by atoms with Gasteiger partial charge in [0.05, 0.1) is 6.10 Å². The normalized spacial score (nSPS) is 25.5. The number of amides is 1. The smallest absolute Gasteiger partial charge is 0.251 e. The van der Waals surface area contributed by atoms with Gasteiger partial charge in [-0.2, -0.15) is 0 Å². The van der Waals surface area contributed by atoms with Crippen molar-refractivity contribution in [3.05, 3.63) is 35.4 Å². The Morgan fingerprint density at radius 1 is 1.32 bits per heavy atom. The minimum Gasteiger partial charge on any atom is -0.391 e. The highest BCUT2D eigenvalue weighted by Gasteiger charge is 2.25. The summed E-state index contributed by atoms with van der Waals surface area (Å²) in [5.41, 5.74) is 1.90. The minimum absolute atomic E-state index is 0.0534. The second-order valence-electron chi connectivity index (χ2n) is 6.38. The molecule has 1 aromatic carbocycles. The zero-order valence-corrected chi connectivity index (χ0v) is 12.9. The first-order valence-electron chi connectivity index (χ1n) is 8.20. The van der Waals surface area contributed by atoms with Crippen molar-refractivity contribution >= 4 is 5.91 Å². The summed E-state index contributed by atoms with van der Waals surface area (Å²) in [5.74, 6) is 0.0547. The van der Waals surface area contributed by atoms with Crippen LogP contribution in [0.5, 0.6) is 0 Å². The van der Waals surface area contributed by atoms with Crippen molar-refractivity contribution in [3.8, 4) is 0 Å². The molecule has 2 atom stereocenters. The molecular formula is C17H25N3O2. The maximum absolute atomic E-state index is 12.3. The first-order chi connectivity index (χ1) is 10.7. The van der Waals surface area contributed by atoms with E-state index in [2.05, 4.69) is 21.6 Å².